The summed E-state index contributed by atoms with van der Waals surface area (Å²) >= 11 is 12.9. The second-order valence-corrected chi connectivity index (χ2v) is 36.8. The van der Waals surface area contributed by atoms with Crippen molar-refractivity contribution in [2.24, 2.45) is 13.0 Å². The molecule has 3 fully saturated rings. The first kappa shape index (κ1) is 98.6. The number of hydrogen-bond donors (Lipinski definition) is 7. The maximum Gasteiger partial charge on any atom is 0.284 e. The number of likely N-dealkylation sites (tertiary alicyclic amines) is 1. The van der Waals surface area contributed by atoms with Gasteiger partial charge in [-0.3, -0.25) is 57.3 Å². The van der Waals surface area contributed by atoms with Crippen molar-refractivity contribution in [3.63, 3.8) is 0 Å². The number of halogens is 2. The standard InChI is InChI=1S/C23H16ClN5O2.C23H25N9O.C23H20N6O3.C19H15ClN6O2.C18H17N7O/c1-13-6-7-17(31-13)20-19(15-11-14-5-4-8-26-18(14)16(24)12-15)27-21(22(25)28-20)23(30)29-9-2-3-10-29;1-15-6-8-32(29-15)23-20(17-3-4-18-16(13-17)5-7-25-28-18)26-21(22(24)27-23)19(33)14-31-11-9-30(2)10-12-31;24-21-20(23(32)28-10-3-4-11-28)26-19(22(27-21)29-12-2-1-5-18(29)31)15-6-8-16-14(13-15)7-9-17(30)25-16;1-9-4-5-26(25-9)19-14(11-6-12(20)17-13(7-11)22-8-28-17)23-15(18(21)24-19)16(27)10-2-3-10;1-9-6-11(7-13-14(9)21-8-20-13)16-17(12-4-5-25(3)24-12)23-18(19)15(22-16)10(2)26/h2-12H,1H3,(H2,25,28);3-8,13H,9-12,14H2,1-2H3,(H2,24,27);1-2,5-9,12-13H,3-4,10-11H2,(H2,24,27)(H,25,30);4-8,10H,2-3H2,1H3,(H2,21,24);4-8H,1-3H3,(H2,19,23)(H,20,21). The van der Waals surface area contributed by atoms with E-state index in [0.29, 0.717) is 125 Å². The number of anilines is 5. The number of carbonyl (C=O) groups is 5. The van der Waals surface area contributed by atoms with Crippen LogP contribution in [0.5, 0.6) is 0 Å². The third-order valence-electron chi connectivity index (χ3n) is 25.2. The molecule has 1 aliphatic carbocycles. The second-order valence-electron chi connectivity index (χ2n) is 36.0. The summed E-state index contributed by atoms with van der Waals surface area (Å²) in [5, 5.41) is 24.8. The molecule has 0 atom stereocenters. The lowest BCUT2D eigenvalue weighted by Gasteiger charge is -2.31. The van der Waals surface area contributed by atoms with Crippen LogP contribution in [0.2, 0.25) is 10.0 Å². The van der Waals surface area contributed by atoms with Crippen LogP contribution in [-0.2, 0) is 7.05 Å². The van der Waals surface area contributed by atoms with E-state index < -0.39 is 0 Å². The van der Waals surface area contributed by atoms with Crippen LogP contribution in [0, 0.1) is 33.6 Å². The number of fused-ring (bicyclic) bond motifs is 5. The molecule has 1 amide bonds. The second kappa shape index (κ2) is 41.7. The molecule has 3 aliphatic rings. The van der Waals surface area contributed by atoms with Crippen LogP contribution in [0.1, 0.15) is 108 Å². The molecule has 2 aliphatic heterocycles. The predicted molar refractivity (Wildman–Crippen MR) is 566 cm³/mol. The first-order chi connectivity index (χ1) is 72.4. The summed E-state index contributed by atoms with van der Waals surface area (Å²) < 4.78 is 18.7. The lowest BCUT2D eigenvalue weighted by Crippen LogP contribution is -2.46. The minimum Gasteiger partial charge on any atom is -0.460 e. The number of nitrogens with two attached hydrogens (primary N) is 5. The van der Waals surface area contributed by atoms with Gasteiger partial charge in [-0.15, -0.1) is 0 Å². The number of pyridine rings is 3. The summed E-state index contributed by atoms with van der Waals surface area (Å²) in [6.45, 7) is 14.1. The molecule has 24 rings (SSSR count). The highest BCUT2D eigenvalue weighted by molar-refractivity contribution is 6.36. The molecule has 1 saturated carbocycles. The number of furan rings is 1. The van der Waals surface area contributed by atoms with Crippen molar-refractivity contribution in [2.75, 3.05) is 81.5 Å². The number of nitrogen functional groups attached to an aromatic ring is 5. The molecule has 12 N–H and O–H groups in total. The van der Waals surface area contributed by atoms with Crippen LogP contribution in [0.15, 0.2) is 245 Å². The molecule has 0 unspecified atom stereocenters. The van der Waals surface area contributed by atoms with Crippen molar-refractivity contribution in [3.8, 4) is 96.6 Å². The number of nitrogens with zero attached hydrogens (tertiary/aromatic N) is 26. The maximum absolute atomic E-state index is 13.2. The first-order valence-electron chi connectivity index (χ1n) is 47.5. The first-order valence-corrected chi connectivity index (χ1v) is 48.2. The molecule has 21 aromatic rings. The number of aryl methyl sites for hydroxylation is 5. The summed E-state index contributed by atoms with van der Waals surface area (Å²) in [7, 11) is 3.91. The number of oxazole rings is 1. The number of likely N-dealkylation sites (N-methyl/N-ethyl adjacent to an activating group) is 1. The maximum atomic E-state index is 13.2. The number of aromatic amines is 2. The van der Waals surface area contributed by atoms with Crippen LogP contribution in [0.25, 0.3) is 151 Å². The lowest BCUT2D eigenvalue weighted by molar-refractivity contribution is 0.0786. The van der Waals surface area contributed by atoms with E-state index >= 15 is 0 Å². The normalized spacial score (nSPS) is 13.1. The topological polar surface area (TPSA) is 574 Å². The number of benzene rings is 5. The van der Waals surface area contributed by atoms with Crippen molar-refractivity contribution in [1.29, 1.82) is 0 Å². The number of imidazole rings is 1. The van der Waals surface area contributed by atoms with E-state index in [1.807, 2.05) is 126 Å². The Labute approximate surface area is 861 Å². The minimum absolute atomic E-state index is 0.0139. The summed E-state index contributed by atoms with van der Waals surface area (Å²) in [6.07, 6.45) is 20.1. The minimum atomic E-state index is -0.382. The van der Waals surface area contributed by atoms with Gasteiger partial charge in [-0.05, 0) is 199 Å². The molecule has 0 spiro atoms. The number of nitrogens with one attached hydrogen (secondary N) is 2. The molecule has 2 saturated heterocycles. The molecule has 18 heterocycles. The van der Waals surface area contributed by atoms with Gasteiger partial charge in [0.15, 0.2) is 98.7 Å². The average molecular weight is 2040 g/mol. The number of rotatable bonds is 18. The van der Waals surface area contributed by atoms with Crippen molar-refractivity contribution in [3.05, 3.63) is 308 Å². The number of H-pyrrole nitrogens is 2. The van der Waals surface area contributed by atoms with Gasteiger partial charge in [0.1, 0.15) is 62.5 Å². The van der Waals surface area contributed by atoms with E-state index in [0.717, 1.165) is 118 Å². The highest BCUT2D eigenvalue weighted by Crippen LogP contribution is 2.41. The number of carbonyl (C=O) groups excluding carboxylic acids is 5. The van der Waals surface area contributed by atoms with Gasteiger partial charge >= 0.3 is 0 Å². The lowest BCUT2D eigenvalue weighted by atomic mass is 10.0. The van der Waals surface area contributed by atoms with E-state index in [-0.39, 0.29) is 116 Å². The van der Waals surface area contributed by atoms with Crippen molar-refractivity contribution >= 4 is 136 Å². The fourth-order valence-electron chi connectivity index (χ4n) is 17.4. The zero-order valence-electron chi connectivity index (χ0n) is 81.7. The summed E-state index contributed by atoms with van der Waals surface area (Å²) in [5.74, 6) is 1.48. The molecule has 750 valence electrons. The van der Waals surface area contributed by atoms with Crippen LogP contribution < -0.4 is 39.8 Å². The highest BCUT2D eigenvalue weighted by atomic mass is 35.5. The number of amides is 1. The van der Waals surface area contributed by atoms with Crippen molar-refractivity contribution < 1.29 is 32.8 Å². The average Bonchev–Trinajstić information content (AvgIpc) is 1.40. The van der Waals surface area contributed by atoms with Crippen molar-refractivity contribution in [2.45, 2.75) is 60.3 Å². The number of aromatic nitrogens is 25. The predicted octanol–water partition coefficient (Wildman–Crippen LogP) is 14.7. The summed E-state index contributed by atoms with van der Waals surface area (Å²) in [5.41, 5.74) is 45.8. The van der Waals surface area contributed by atoms with Crippen molar-refractivity contribution in [1.82, 2.24) is 138 Å². The number of Topliss-reactive ketones (excluding diaryl/α,β-unsaturated/α-hetero) is 3. The van der Waals surface area contributed by atoms with Gasteiger partial charge in [0.2, 0.25) is 5.56 Å². The summed E-state index contributed by atoms with van der Waals surface area (Å²) in [6, 6.07) is 48.3. The Kier molecular flexibility index (Phi) is 27.4. The third kappa shape index (κ3) is 20.7. The molecular formula is C106H93Cl2N33O9. The smallest absolute Gasteiger partial charge is 0.284 e. The molecule has 0 bridgehead atoms. The third-order valence-corrected chi connectivity index (χ3v) is 25.7. The van der Waals surface area contributed by atoms with E-state index in [9.17, 15) is 33.6 Å². The zero-order chi connectivity index (χ0) is 105. The highest BCUT2D eigenvalue weighted by Gasteiger charge is 2.36. The number of hydrogen-bond acceptors (Lipinski definition) is 34. The van der Waals surface area contributed by atoms with E-state index in [1.165, 1.54) is 34.6 Å². The van der Waals surface area contributed by atoms with Crippen LogP contribution >= 0.6 is 23.2 Å². The zero-order valence-corrected chi connectivity index (χ0v) is 83.2. The van der Waals surface area contributed by atoms with Gasteiger partial charge in [-0.25, -0.2) is 69.2 Å². The summed E-state index contributed by atoms with van der Waals surface area (Å²) in [4.78, 5) is 158. The Bertz CT molecular complexity index is 9020. The molecule has 5 aromatic carbocycles. The van der Waals surface area contributed by atoms with Gasteiger partial charge in [0.25, 0.3) is 17.4 Å². The van der Waals surface area contributed by atoms with Crippen LogP contribution in [-0.4, -0.2) is 220 Å². The Morgan fingerprint density at radius 1 is 0.473 bits per heavy atom. The quantitative estimate of drug-likeness (QED) is 0.0392. The van der Waals surface area contributed by atoms with E-state index in [2.05, 4.69) is 112 Å². The monoisotopic (exact) mass is 2040 g/mol. The van der Waals surface area contributed by atoms with Crippen LogP contribution in [0.4, 0.5) is 29.1 Å². The molecular weight excluding hydrogens is 1950 g/mol. The SMILES string of the molecule is CC(=O)c1nc(-c2cc(C)c3nc[nH]c3c2)c(-c2ccn(C)n2)nc1N.Cc1ccc(-c2nc(N)c(C(=O)n3cccc3)nc2-c2cc(Cl)c3ncccc3c2)o1.Cc1ccn(-c2nc(N)c(C(=O)C3CC3)nc2-c2cc(Cl)c3ocnc3c2)n1.Cc1ccn(-c2nc(N)c(C(=O)CN3CCN(C)CC3)nc2-c2ccc3nnccc3c2)n1.Nc1nc(-n2ccccc2=O)c(-c2ccc3[nH]c(=O)ccc3c2)nc1C(=O)N1CCCC1. The molecule has 0 radical (unpaired) electrons. The Balaban J connectivity index is 0.000000114. The molecule has 16 aromatic heterocycles. The van der Waals surface area contributed by atoms with E-state index in [1.54, 1.807) is 135 Å². The fraction of sp³-hybridized carbons (Fsp3) is 0.179. The van der Waals surface area contributed by atoms with Gasteiger partial charge in [-0.2, -0.15) is 25.5 Å². The van der Waals surface area contributed by atoms with Gasteiger partial charge in [0, 0.05) is 159 Å². The Morgan fingerprint density at radius 2 is 1.09 bits per heavy atom. The number of ketones is 3. The molecule has 44 heteroatoms. The fourth-order valence-corrected chi connectivity index (χ4v) is 17.9. The van der Waals surface area contributed by atoms with Crippen LogP contribution in [0.3, 0.4) is 0 Å². The Morgan fingerprint density at radius 3 is 1.79 bits per heavy atom. The van der Waals surface area contributed by atoms with Gasteiger partial charge in [-0.1, -0.05) is 47.5 Å². The van der Waals surface area contributed by atoms with Gasteiger partial charge < -0.3 is 57.3 Å². The molecule has 150 heavy (non-hydrogen) atoms. The van der Waals surface area contributed by atoms with Gasteiger partial charge in [0.05, 0.1) is 68.3 Å². The molecule has 42 nitrogen and oxygen atoms in total. The number of piperazine rings is 1. The van der Waals surface area contributed by atoms with E-state index in [4.69, 9.17) is 65.7 Å². The Hall–Kier alpha value is -18.8. The largest absolute Gasteiger partial charge is 0.460 e.